The fourth-order valence-electron chi connectivity index (χ4n) is 3.22. The van der Waals surface area contributed by atoms with Gasteiger partial charge in [0.05, 0.1) is 33.5 Å². The third kappa shape index (κ3) is 8.86. The number of guanidine groups is 1. The molecule has 1 rings (SSSR count). The van der Waals surface area contributed by atoms with Crippen molar-refractivity contribution >= 4 is 29.9 Å². The lowest BCUT2D eigenvalue weighted by atomic mass is 9.93. The molecule has 3 N–H and O–H groups in total. The van der Waals surface area contributed by atoms with Gasteiger partial charge in [-0.1, -0.05) is 26.7 Å². The molecule has 8 heteroatoms. The first-order valence-electron chi connectivity index (χ1n) is 10.00. The first kappa shape index (κ1) is 27.6. The SMILES string of the molecule is CCCC(O)(CCC)CNC(=NCc1cc(OC)c(OC)c(OC)c1)NCC.I. The van der Waals surface area contributed by atoms with Gasteiger partial charge in [-0.15, -0.1) is 24.0 Å². The zero-order valence-corrected chi connectivity index (χ0v) is 21.0. The predicted octanol–water partition coefficient (Wildman–Crippen LogP) is 3.72. The van der Waals surface area contributed by atoms with Crippen molar-refractivity contribution in [2.24, 2.45) is 4.99 Å². The molecule has 0 aliphatic rings. The number of aliphatic hydroxyl groups is 1. The molecule has 0 saturated carbocycles. The van der Waals surface area contributed by atoms with Crippen molar-refractivity contribution in [3.63, 3.8) is 0 Å². The van der Waals surface area contributed by atoms with Crippen LogP contribution in [0.15, 0.2) is 17.1 Å². The zero-order valence-electron chi connectivity index (χ0n) is 18.6. The maximum absolute atomic E-state index is 10.8. The van der Waals surface area contributed by atoms with Crippen molar-refractivity contribution in [1.29, 1.82) is 0 Å². The minimum absolute atomic E-state index is 0. The van der Waals surface area contributed by atoms with Crippen molar-refractivity contribution in [2.75, 3.05) is 34.4 Å². The highest BCUT2D eigenvalue weighted by Gasteiger charge is 2.25. The zero-order chi connectivity index (χ0) is 21.0. The fourth-order valence-corrected chi connectivity index (χ4v) is 3.22. The van der Waals surface area contributed by atoms with Crippen LogP contribution in [-0.2, 0) is 6.54 Å². The van der Waals surface area contributed by atoms with Crippen LogP contribution in [0.25, 0.3) is 0 Å². The molecule has 0 amide bonds. The van der Waals surface area contributed by atoms with E-state index in [9.17, 15) is 5.11 Å². The highest BCUT2D eigenvalue weighted by Crippen LogP contribution is 2.38. The smallest absolute Gasteiger partial charge is 0.203 e. The van der Waals surface area contributed by atoms with Crippen molar-refractivity contribution in [1.82, 2.24) is 10.6 Å². The van der Waals surface area contributed by atoms with E-state index in [4.69, 9.17) is 14.2 Å². The standard InChI is InChI=1S/C21H37N3O4.HI/c1-7-10-21(25,11-8-2)15-24-20(22-9-3)23-14-16-12-17(26-4)19(28-6)18(13-16)27-5;/h12-13,25H,7-11,14-15H2,1-6H3,(H2,22,23,24);1H. The summed E-state index contributed by atoms with van der Waals surface area (Å²) in [6.07, 6.45) is 3.41. The molecule has 7 nitrogen and oxygen atoms in total. The Balaban J connectivity index is 0.00000784. The van der Waals surface area contributed by atoms with Gasteiger partial charge < -0.3 is 30.0 Å². The highest BCUT2D eigenvalue weighted by atomic mass is 127. The second kappa shape index (κ2) is 14.5. The number of ether oxygens (including phenoxy) is 3. The van der Waals surface area contributed by atoms with Gasteiger partial charge in [0.25, 0.3) is 0 Å². The minimum Gasteiger partial charge on any atom is -0.493 e. The average molecular weight is 523 g/mol. The Morgan fingerprint density at radius 2 is 1.52 bits per heavy atom. The van der Waals surface area contributed by atoms with E-state index in [-0.39, 0.29) is 24.0 Å². The largest absolute Gasteiger partial charge is 0.493 e. The number of hydrogen-bond acceptors (Lipinski definition) is 5. The monoisotopic (exact) mass is 523 g/mol. The summed E-state index contributed by atoms with van der Waals surface area (Å²) in [6, 6.07) is 3.78. The van der Waals surface area contributed by atoms with E-state index in [1.807, 2.05) is 19.1 Å². The van der Waals surface area contributed by atoms with Crippen molar-refractivity contribution in [2.45, 2.75) is 58.6 Å². The molecule has 0 spiro atoms. The molecule has 29 heavy (non-hydrogen) atoms. The molecule has 0 aliphatic heterocycles. The van der Waals surface area contributed by atoms with Gasteiger partial charge in [-0.2, -0.15) is 0 Å². The molecule has 168 valence electrons. The molecule has 0 saturated heterocycles. The summed E-state index contributed by atoms with van der Waals surface area (Å²) in [6.45, 7) is 7.83. The van der Waals surface area contributed by atoms with E-state index in [0.717, 1.165) is 37.8 Å². The first-order chi connectivity index (χ1) is 13.5. The Bertz CT molecular complexity index is 595. The average Bonchev–Trinajstić information content (AvgIpc) is 2.69. The highest BCUT2D eigenvalue weighted by molar-refractivity contribution is 14.0. The summed E-state index contributed by atoms with van der Waals surface area (Å²) >= 11 is 0. The number of aliphatic imine (C=N–C) groups is 1. The number of methoxy groups -OCH3 is 3. The molecule has 0 heterocycles. The Morgan fingerprint density at radius 3 is 1.93 bits per heavy atom. The van der Waals surface area contributed by atoms with E-state index in [1.54, 1.807) is 21.3 Å². The Labute approximate surface area is 192 Å². The summed E-state index contributed by atoms with van der Waals surface area (Å²) in [5, 5.41) is 17.3. The third-order valence-electron chi connectivity index (χ3n) is 4.50. The quantitative estimate of drug-likeness (QED) is 0.220. The predicted molar refractivity (Wildman–Crippen MR) is 129 cm³/mol. The lowest BCUT2D eigenvalue weighted by molar-refractivity contribution is 0.0257. The molecule has 1 aromatic rings. The van der Waals surface area contributed by atoms with Crippen molar-refractivity contribution in [3.05, 3.63) is 17.7 Å². The second-order valence-electron chi connectivity index (χ2n) is 6.81. The van der Waals surface area contributed by atoms with Gasteiger partial charge in [-0.3, -0.25) is 0 Å². The van der Waals surface area contributed by atoms with Crippen LogP contribution >= 0.6 is 24.0 Å². The molecule has 0 unspecified atom stereocenters. The van der Waals surface area contributed by atoms with Crippen LogP contribution in [0.2, 0.25) is 0 Å². The molecule has 0 radical (unpaired) electrons. The summed E-state index contributed by atoms with van der Waals surface area (Å²) in [4.78, 5) is 4.64. The second-order valence-corrected chi connectivity index (χ2v) is 6.81. The number of nitrogens with zero attached hydrogens (tertiary/aromatic N) is 1. The Morgan fingerprint density at radius 1 is 0.966 bits per heavy atom. The van der Waals surface area contributed by atoms with Crippen LogP contribution in [0.1, 0.15) is 52.0 Å². The number of halogens is 1. The van der Waals surface area contributed by atoms with Gasteiger partial charge in [0.15, 0.2) is 17.5 Å². The van der Waals surface area contributed by atoms with Crippen molar-refractivity contribution < 1.29 is 19.3 Å². The normalized spacial score (nSPS) is 11.5. The van der Waals surface area contributed by atoms with Gasteiger partial charge in [0.2, 0.25) is 5.75 Å². The first-order valence-corrected chi connectivity index (χ1v) is 10.00. The van der Waals surface area contributed by atoms with Gasteiger partial charge >= 0.3 is 0 Å². The van der Waals surface area contributed by atoms with Gasteiger partial charge in [-0.25, -0.2) is 4.99 Å². The van der Waals surface area contributed by atoms with Crippen LogP contribution in [0.4, 0.5) is 0 Å². The van der Waals surface area contributed by atoms with Crippen molar-refractivity contribution in [3.8, 4) is 17.2 Å². The minimum atomic E-state index is -0.716. The van der Waals surface area contributed by atoms with Crippen LogP contribution in [0.3, 0.4) is 0 Å². The maximum atomic E-state index is 10.8. The number of benzene rings is 1. The Hall–Kier alpha value is -1.42. The molecule has 1 aromatic carbocycles. The van der Waals surface area contributed by atoms with Gasteiger partial charge in [-0.05, 0) is 37.5 Å². The van der Waals surface area contributed by atoms with Gasteiger partial charge in [0.1, 0.15) is 0 Å². The summed E-state index contributed by atoms with van der Waals surface area (Å²) in [5.74, 6) is 2.43. The molecule has 0 bridgehead atoms. The topological polar surface area (TPSA) is 84.3 Å². The van der Waals surface area contributed by atoms with Gasteiger partial charge in [0, 0.05) is 13.1 Å². The number of rotatable bonds is 12. The summed E-state index contributed by atoms with van der Waals surface area (Å²) < 4.78 is 16.2. The van der Waals surface area contributed by atoms with E-state index < -0.39 is 5.60 Å². The van der Waals surface area contributed by atoms with Crippen LogP contribution in [0, 0.1) is 0 Å². The molecule has 0 aromatic heterocycles. The number of hydrogen-bond donors (Lipinski definition) is 3. The molecular weight excluding hydrogens is 485 g/mol. The van der Waals surface area contributed by atoms with Crippen LogP contribution in [-0.4, -0.2) is 51.1 Å². The molecule has 0 aliphatic carbocycles. The maximum Gasteiger partial charge on any atom is 0.203 e. The summed E-state index contributed by atoms with van der Waals surface area (Å²) in [7, 11) is 4.77. The molecular formula is C21H38IN3O4. The van der Waals surface area contributed by atoms with E-state index in [2.05, 4.69) is 29.5 Å². The van der Waals surface area contributed by atoms with Crippen LogP contribution in [0.5, 0.6) is 17.2 Å². The van der Waals surface area contributed by atoms with E-state index >= 15 is 0 Å². The third-order valence-corrected chi connectivity index (χ3v) is 4.50. The number of nitrogens with one attached hydrogen (secondary N) is 2. The molecule has 0 atom stereocenters. The summed E-state index contributed by atoms with van der Waals surface area (Å²) in [5.41, 5.74) is 0.218. The molecule has 0 fully saturated rings. The lowest BCUT2D eigenvalue weighted by Crippen LogP contribution is -2.47. The fraction of sp³-hybridized carbons (Fsp3) is 0.667. The lowest BCUT2D eigenvalue weighted by Gasteiger charge is -2.28. The van der Waals surface area contributed by atoms with Crippen LogP contribution < -0.4 is 24.8 Å². The van der Waals surface area contributed by atoms with E-state index in [0.29, 0.717) is 36.3 Å². The van der Waals surface area contributed by atoms with E-state index in [1.165, 1.54) is 0 Å². The Kier molecular flexibility index (Phi) is 13.8.